The highest BCUT2D eigenvalue weighted by Crippen LogP contribution is 2.25. The second kappa shape index (κ2) is 5.93. The number of nitrogens with two attached hydrogens (primary N) is 1. The summed E-state index contributed by atoms with van der Waals surface area (Å²) in [5.41, 5.74) is 8.32. The molecule has 0 spiro atoms. The van der Waals surface area contributed by atoms with Gasteiger partial charge in [-0.2, -0.15) is 0 Å². The van der Waals surface area contributed by atoms with Crippen molar-refractivity contribution in [1.29, 1.82) is 0 Å². The maximum Gasteiger partial charge on any atom is 0.0369 e. The Bertz CT molecular complexity index is 412. The summed E-state index contributed by atoms with van der Waals surface area (Å²) in [6.45, 7) is 5.63. The van der Waals surface area contributed by atoms with Gasteiger partial charge in [-0.3, -0.25) is 4.90 Å². The predicted molar refractivity (Wildman–Crippen MR) is 80.4 cm³/mol. The SMILES string of the molecule is NCc1cccc(N2CCC(N3CCCCC3)C2)c1. The van der Waals surface area contributed by atoms with Crippen LogP contribution in [0.4, 0.5) is 5.69 Å². The number of hydrogen-bond donors (Lipinski definition) is 1. The third-order valence-electron chi connectivity index (χ3n) is 4.58. The van der Waals surface area contributed by atoms with Crippen molar-refractivity contribution < 1.29 is 0 Å². The summed E-state index contributed by atoms with van der Waals surface area (Å²) in [6, 6.07) is 9.48. The van der Waals surface area contributed by atoms with Gasteiger partial charge >= 0.3 is 0 Å². The lowest BCUT2D eigenvalue weighted by Gasteiger charge is -2.32. The van der Waals surface area contributed by atoms with Crippen molar-refractivity contribution >= 4 is 5.69 Å². The Hall–Kier alpha value is -1.06. The molecule has 3 rings (SSSR count). The summed E-state index contributed by atoms with van der Waals surface area (Å²) in [5, 5.41) is 0. The number of likely N-dealkylation sites (tertiary alicyclic amines) is 1. The smallest absolute Gasteiger partial charge is 0.0369 e. The number of rotatable bonds is 3. The van der Waals surface area contributed by atoms with E-state index in [1.807, 2.05) is 0 Å². The Labute approximate surface area is 116 Å². The standard InChI is InChI=1S/C16H25N3/c17-12-14-5-4-6-15(11-14)19-10-7-16(13-19)18-8-2-1-3-9-18/h4-6,11,16H,1-3,7-10,12-13,17H2. The molecule has 1 aromatic rings. The van der Waals surface area contributed by atoms with Gasteiger partial charge in [0.2, 0.25) is 0 Å². The van der Waals surface area contributed by atoms with Gasteiger partial charge in [-0.05, 0) is 50.0 Å². The zero-order chi connectivity index (χ0) is 13.1. The van der Waals surface area contributed by atoms with E-state index in [4.69, 9.17) is 5.73 Å². The third-order valence-corrected chi connectivity index (χ3v) is 4.58. The van der Waals surface area contributed by atoms with Crippen molar-refractivity contribution in [2.75, 3.05) is 31.1 Å². The van der Waals surface area contributed by atoms with Gasteiger partial charge in [0.15, 0.2) is 0 Å². The molecule has 104 valence electrons. The summed E-state index contributed by atoms with van der Waals surface area (Å²) in [6.07, 6.45) is 5.51. The molecule has 1 aromatic carbocycles. The van der Waals surface area contributed by atoms with Gasteiger partial charge < -0.3 is 10.6 Å². The van der Waals surface area contributed by atoms with Crippen LogP contribution in [0.3, 0.4) is 0 Å². The van der Waals surface area contributed by atoms with E-state index in [1.165, 1.54) is 63.1 Å². The lowest BCUT2D eigenvalue weighted by Crippen LogP contribution is -2.40. The summed E-state index contributed by atoms with van der Waals surface area (Å²) < 4.78 is 0. The summed E-state index contributed by atoms with van der Waals surface area (Å²) in [7, 11) is 0. The maximum atomic E-state index is 5.73. The van der Waals surface area contributed by atoms with E-state index in [0.29, 0.717) is 6.54 Å². The van der Waals surface area contributed by atoms with Gasteiger partial charge in [0.05, 0.1) is 0 Å². The van der Waals surface area contributed by atoms with Crippen LogP contribution in [0.15, 0.2) is 24.3 Å². The van der Waals surface area contributed by atoms with E-state index in [0.717, 1.165) is 6.04 Å². The van der Waals surface area contributed by atoms with Crippen molar-refractivity contribution in [1.82, 2.24) is 4.90 Å². The average molecular weight is 259 g/mol. The fourth-order valence-corrected chi connectivity index (χ4v) is 3.44. The highest BCUT2D eigenvalue weighted by Gasteiger charge is 2.28. The zero-order valence-corrected chi connectivity index (χ0v) is 11.7. The second-order valence-corrected chi connectivity index (χ2v) is 5.86. The van der Waals surface area contributed by atoms with Crippen LogP contribution in [-0.2, 0) is 6.54 Å². The number of benzene rings is 1. The molecular formula is C16H25N3. The first-order valence-electron chi connectivity index (χ1n) is 7.65. The minimum Gasteiger partial charge on any atom is -0.370 e. The first kappa shape index (κ1) is 12.9. The molecule has 3 nitrogen and oxygen atoms in total. The Morgan fingerprint density at radius 1 is 1.11 bits per heavy atom. The zero-order valence-electron chi connectivity index (χ0n) is 11.7. The molecule has 2 fully saturated rings. The normalized spacial score (nSPS) is 24.9. The van der Waals surface area contributed by atoms with Crippen molar-refractivity contribution in [3.05, 3.63) is 29.8 Å². The van der Waals surface area contributed by atoms with Crippen LogP contribution in [0, 0.1) is 0 Å². The fourth-order valence-electron chi connectivity index (χ4n) is 3.44. The molecule has 0 bridgehead atoms. The molecule has 0 aliphatic carbocycles. The molecule has 1 atom stereocenters. The number of nitrogens with zero attached hydrogens (tertiary/aromatic N) is 2. The lowest BCUT2D eigenvalue weighted by molar-refractivity contribution is 0.175. The van der Waals surface area contributed by atoms with Crippen molar-refractivity contribution in [2.24, 2.45) is 5.73 Å². The average Bonchev–Trinajstić information content (AvgIpc) is 2.98. The van der Waals surface area contributed by atoms with E-state index in [1.54, 1.807) is 0 Å². The molecule has 0 aromatic heterocycles. The lowest BCUT2D eigenvalue weighted by atomic mass is 10.1. The second-order valence-electron chi connectivity index (χ2n) is 5.86. The van der Waals surface area contributed by atoms with Crippen molar-refractivity contribution in [2.45, 2.75) is 38.3 Å². The van der Waals surface area contributed by atoms with Crippen molar-refractivity contribution in [3.8, 4) is 0 Å². The summed E-state index contributed by atoms with van der Waals surface area (Å²) in [4.78, 5) is 5.23. The first-order chi connectivity index (χ1) is 9.36. The molecule has 0 radical (unpaired) electrons. The molecule has 19 heavy (non-hydrogen) atoms. The quantitative estimate of drug-likeness (QED) is 0.903. The monoisotopic (exact) mass is 259 g/mol. The molecule has 2 aliphatic rings. The predicted octanol–water partition coefficient (Wildman–Crippen LogP) is 2.21. The van der Waals surface area contributed by atoms with E-state index in [2.05, 4.69) is 34.1 Å². The van der Waals surface area contributed by atoms with Crippen LogP contribution in [-0.4, -0.2) is 37.1 Å². The highest BCUT2D eigenvalue weighted by molar-refractivity contribution is 5.49. The van der Waals surface area contributed by atoms with E-state index >= 15 is 0 Å². The molecule has 0 amide bonds. The minimum atomic E-state index is 0.636. The Morgan fingerprint density at radius 2 is 1.95 bits per heavy atom. The Morgan fingerprint density at radius 3 is 2.74 bits per heavy atom. The molecule has 2 heterocycles. The highest BCUT2D eigenvalue weighted by atomic mass is 15.3. The third kappa shape index (κ3) is 2.93. The number of anilines is 1. The van der Waals surface area contributed by atoms with Crippen LogP contribution in [0.5, 0.6) is 0 Å². The van der Waals surface area contributed by atoms with Crippen LogP contribution in [0.2, 0.25) is 0 Å². The Kier molecular flexibility index (Phi) is 4.04. The number of piperidine rings is 1. The van der Waals surface area contributed by atoms with Gasteiger partial charge in [0.25, 0.3) is 0 Å². The minimum absolute atomic E-state index is 0.636. The molecule has 2 saturated heterocycles. The van der Waals surface area contributed by atoms with Crippen LogP contribution in [0.1, 0.15) is 31.2 Å². The van der Waals surface area contributed by atoms with Crippen LogP contribution in [0.25, 0.3) is 0 Å². The van der Waals surface area contributed by atoms with Gasteiger partial charge in [0, 0.05) is 31.4 Å². The fraction of sp³-hybridized carbons (Fsp3) is 0.625. The largest absolute Gasteiger partial charge is 0.370 e. The van der Waals surface area contributed by atoms with Crippen LogP contribution >= 0.6 is 0 Å². The van der Waals surface area contributed by atoms with Crippen molar-refractivity contribution in [3.63, 3.8) is 0 Å². The number of hydrogen-bond acceptors (Lipinski definition) is 3. The molecule has 2 aliphatic heterocycles. The molecule has 0 saturated carbocycles. The summed E-state index contributed by atoms with van der Waals surface area (Å²) >= 11 is 0. The molecule has 3 heteroatoms. The van der Waals surface area contributed by atoms with Gasteiger partial charge in [-0.15, -0.1) is 0 Å². The summed E-state index contributed by atoms with van der Waals surface area (Å²) in [5.74, 6) is 0. The van der Waals surface area contributed by atoms with E-state index < -0.39 is 0 Å². The van der Waals surface area contributed by atoms with E-state index in [9.17, 15) is 0 Å². The Balaban J connectivity index is 1.64. The first-order valence-corrected chi connectivity index (χ1v) is 7.65. The van der Waals surface area contributed by atoms with E-state index in [-0.39, 0.29) is 0 Å². The molecule has 1 unspecified atom stereocenters. The van der Waals surface area contributed by atoms with Gasteiger partial charge in [-0.1, -0.05) is 18.6 Å². The molecular weight excluding hydrogens is 234 g/mol. The molecule has 2 N–H and O–H groups in total. The maximum absolute atomic E-state index is 5.73. The topological polar surface area (TPSA) is 32.5 Å². The van der Waals surface area contributed by atoms with Gasteiger partial charge in [0.1, 0.15) is 0 Å². The van der Waals surface area contributed by atoms with Gasteiger partial charge in [-0.25, -0.2) is 0 Å². The van der Waals surface area contributed by atoms with Crippen LogP contribution < -0.4 is 10.6 Å².